The van der Waals surface area contributed by atoms with Crippen molar-refractivity contribution in [3.05, 3.63) is 46.9 Å². The van der Waals surface area contributed by atoms with Crippen LogP contribution in [-0.4, -0.2) is 35.1 Å². The van der Waals surface area contributed by atoms with Gasteiger partial charge in [-0.3, -0.25) is 4.79 Å². The highest BCUT2D eigenvalue weighted by Crippen LogP contribution is 2.40. The van der Waals surface area contributed by atoms with Crippen molar-refractivity contribution in [2.24, 2.45) is 11.8 Å². The molecule has 1 N–H and O–H groups in total. The first-order valence-electron chi connectivity index (χ1n) is 12.0. The van der Waals surface area contributed by atoms with E-state index in [4.69, 9.17) is 14.6 Å². The summed E-state index contributed by atoms with van der Waals surface area (Å²) in [5.41, 5.74) is -1.75. The molecule has 37 heavy (non-hydrogen) atoms. The van der Waals surface area contributed by atoms with E-state index in [1.807, 2.05) is 0 Å². The van der Waals surface area contributed by atoms with E-state index >= 15 is 4.39 Å². The molecule has 1 aromatic heterocycles. The third-order valence-electron chi connectivity index (χ3n) is 6.44. The number of anilines is 1. The van der Waals surface area contributed by atoms with Gasteiger partial charge in [0, 0.05) is 30.3 Å². The van der Waals surface area contributed by atoms with Crippen molar-refractivity contribution in [3.63, 3.8) is 0 Å². The Hall–Kier alpha value is -3.21. The number of aromatic nitrogens is 1. The highest BCUT2D eigenvalue weighted by atomic mass is 19.4. The number of nitrogens with zero attached hydrogens (tertiary/aromatic N) is 2. The normalized spacial score (nSPS) is 18.0. The summed E-state index contributed by atoms with van der Waals surface area (Å²) in [6.07, 6.45) is -0.879. The molecule has 1 amide bonds. The van der Waals surface area contributed by atoms with Crippen LogP contribution in [0.25, 0.3) is 0 Å². The molecule has 0 saturated heterocycles. The summed E-state index contributed by atoms with van der Waals surface area (Å²) in [4.78, 5) is 31.1. The number of halogens is 4. The predicted molar refractivity (Wildman–Crippen MR) is 127 cm³/mol. The number of rotatable bonds is 7. The van der Waals surface area contributed by atoms with Crippen LogP contribution in [0.3, 0.4) is 0 Å². The molecule has 1 heterocycles. The highest BCUT2D eigenvalue weighted by molar-refractivity contribution is 6.04. The van der Waals surface area contributed by atoms with Crippen molar-refractivity contribution >= 4 is 17.6 Å². The summed E-state index contributed by atoms with van der Waals surface area (Å²) in [6.45, 7) is 4.86. The van der Waals surface area contributed by atoms with Crippen molar-refractivity contribution in [2.75, 3.05) is 12.0 Å². The molecule has 0 spiro atoms. The van der Waals surface area contributed by atoms with Crippen LogP contribution >= 0.6 is 0 Å². The summed E-state index contributed by atoms with van der Waals surface area (Å²) < 4.78 is 66.0. The Morgan fingerprint density at radius 1 is 1.16 bits per heavy atom. The van der Waals surface area contributed by atoms with Gasteiger partial charge in [0.2, 0.25) is 11.8 Å². The smallest absolute Gasteiger partial charge is 0.421 e. The summed E-state index contributed by atoms with van der Waals surface area (Å²) in [7, 11) is 1.09. The molecule has 0 atom stereocenters. The van der Waals surface area contributed by atoms with Crippen LogP contribution in [0.15, 0.2) is 24.4 Å². The van der Waals surface area contributed by atoms with Gasteiger partial charge in [0.25, 0.3) is 0 Å². The van der Waals surface area contributed by atoms with Gasteiger partial charge in [-0.1, -0.05) is 6.92 Å². The van der Waals surface area contributed by atoms with Crippen LogP contribution < -0.4 is 9.64 Å². The van der Waals surface area contributed by atoms with Crippen molar-refractivity contribution in [1.82, 2.24) is 4.98 Å². The monoisotopic (exact) mass is 526 g/mol. The van der Waals surface area contributed by atoms with E-state index in [1.54, 1.807) is 13.8 Å². The molecule has 3 rings (SSSR count). The first kappa shape index (κ1) is 28.4. The summed E-state index contributed by atoms with van der Waals surface area (Å²) in [5.74, 6) is -3.75. The zero-order valence-electron chi connectivity index (χ0n) is 21.1. The highest BCUT2D eigenvalue weighted by Gasteiger charge is 2.37. The number of pyridine rings is 1. The van der Waals surface area contributed by atoms with Gasteiger partial charge in [-0.25, -0.2) is 14.2 Å². The molecule has 1 aliphatic carbocycles. The largest absolute Gasteiger partial charge is 0.465 e. The molecule has 1 saturated carbocycles. The molecule has 1 aliphatic rings. The number of alkyl halides is 3. The van der Waals surface area contributed by atoms with E-state index in [-0.39, 0.29) is 28.6 Å². The quantitative estimate of drug-likeness (QED) is 0.358. The Bertz CT molecular complexity index is 1140. The van der Waals surface area contributed by atoms with Crippen LogP contribution in [0.1, 0.15) is 67.9 Å². The second-order valence-electron chi connectivity index (χ2n) is 9.50. The minimum Gasteiger partial charge on any atom is -0.465 e. The Morgan fingerprint density at radius 3 is 2.35 bits per heavy atom. The summed E-state index contributed by atoms with van der Waals surface area (Å²) in [5, 5.41) is 9.16. The lowest BCUT2D eigenvalue weighted by molar-refractivity contribution is -0.139. The average Bonchev–Trinajstić information content (AvgIpc) is 2.84. The fraction of sp³-hybridized carbons (Fsp3) is 0.500. The van der Waals surface area contributed by atoms with Crippen LogP contribution in [0.4, 0.5) is 23.2 Å². The molecule has 7 nitrogen and oxygen atoms in total. The maximum Gasteiger partial charge on any atom is 0.421 e. The lowest BCUT2D eigenvalue weighted by Crippen LogP contribution is -2.43. The molecule has 0 radical (unpaired) electrons. The van der Waals surface area contributed by atoms with Gasteiger partial charge in [0.1, 0.15) is 5.56 Å². The van der Waals surface area contributed by atoms with E-state index in [9.17, 15) is 22.8 Å². The number of esters is 1. The van der Waals surface area contributed by atoms with Gasteiger partial charge in [0.15, 0.2) is 11.6 Å². The molecule has 11 heteroatoms. The molecule has 1 fully saturated rings. The van der Waals surface area contributed by atoms with Gasteiger partial charge in [-0.05, 0) is 57.1 Å². The molecule has 0 bridgehead atoms. The maximum absolute atomic E-state index is 15.3. The maximum atomic E-state index is 15.3. The van der Waals surface area contributed by atoms with Crippen LogP contribution in [0, 0.1) is 17.7 Å². The van der Waals surface area contributed by atoms with Crippen molar-refractivity contribution in [2.45, 2.75) is 65.3 Å². The van der Waals surface area contributed by atoms with Crippen LogP contribution in [0.2, 0.25) is 0 Å². The number of aliphatic hydroxyl groups is 1. The number of hydrogen-bond donors (Lipinski definition) is 1. The predicted octanol–water partition coefficient (Wildman–Crippen LogP) is 5.88. The van der Waals surface area contributed by atoms with Crippen LogP contribution in [0.5, 0.6) is 11.6 Å². The van der Waals surface area contributed by atoms with Gasteiger partial charge in [-0.15, -0.1) is 0 Å². The number of carbonyl (C=O) groups excluding carboxylic acids is 2. The minimum atomic E-state index is -4.91. The van der Waals surface area contributed by atoms with E-state index in [2.05, 4.69) is 11.9 Å². The van der Waals surface area contributed by atoms with Gasteiger partial charge >= 0.3 is 12.1 Å². The van der Waals surface area contributed by atoms with E-state index in [1.165, 1.54) is 4.90 Å². The fourth-order valence-electron chi connectivity index (χ4n) is 4.42. The second kappa shape index (κ2) is 11.5. The topological polar surface area (TPSA) is 89.0 Å². The second-order valence-corrected chi connectivity index (χ2v) is 9.50. The molecule has 202 valence electrons. The minimum absolute atomic E-state index is 0.0602. The van der Waals surface area contributed by atoms with Crippen molar-refractivity contribution in [1.29, 1.82) is 0 Å². The van der Waals surface area contributed by atoms with Crippen LogP contribution in [-0.2, 0) is 22.3 Å². The summed E-state index contributed by atoms with van der Waals surface area (Å²) >= 11 is 0. The third kappa shape index (κ3) is 6.38. The lowest BCUT2D eigenvalue weighted by atomic mass is 9.82. The van der Waals surface area contributed by atoms with Crippen molar-refractivity contribution < 1.29 is 41.7 Å². The van der Waals surface area contributed by atoms with Gasteiger partial charge in [-0.2, -0.15) is 13.2 Å². The molecule has 2 aromatic rings. The van der Waals surface area contributed by atoms with Gasteiger partial charge < -0.3 is 19.5 Å². The number of methoxy groups -OCH3 is 1. The molecular formula is C26H30F4N2O5. The first-order valence-corrected chi connectivity index (χ1v) is 12.0. The SMILES string of the molecule is COC(=O)c1cc(Oc2ncc(CO)cc2C(F)(F)F)c(F)cc1N(C(=O)[C@H]1CC[C@H](C)CC1)C(C)C. The molecule has 0 unspecified atom stereocenters. The zero-order valence-corrected chi connectivity index (χ0v) is 21.1. The van der Waals surface area contributed by atoms with Crippen molar-refractivity contribution in [3.8, 4) is 11.6 Å². The number of aliphatic hydroxyl groups excluding tert-OH is 1. The number of amides is 1. The van der Waals surface area contributed by atoms with E-state index in [0.717, 1.165) is 38.3 Å². The zero-order chi connectivity index (χ0) is 27.5. The average molecular weight is 527 g/mol. The van der Waals surface area contributed by atoms with E-state index < -0.39 is 47.8 Å². The number of carbonyl (C=O) groups is 2. The lowest BCUT2D eigenvalue weighted by Gasteiger charge is -2.34. The number of ether oxygens (including phenoxy) is 2. The fourth-order valence-corrected chi connectivity index (χ4v) is 4.42. The Balaban J connectivity index is 2.07. The third-order valence-corrected chi connectivity index (χ3v) is 6.44. The Morgan fingerprint density at radius 2 is 1.81 bits per heavy atom. The first-order chi connectivity index (χ1) is 17.4. The van der Waals surface area contributed by atoms with Gasteiger partial charge in [0.05, 0.1) is 25.0 Å². The molecule has 0 aliphatic heterocycles. The summed E-state index contributed by atoms with van der Waals surface area (Å²) in [6, 6.07) is 1.98. The Kier molecular flexibility index (Phi) is 8.78. The Labute approximate surface area is 212 Å². The van der Waals surface area contributed by atoms with E-state index in [0.29, 0.717) is 24.8 Å². The standard InChI is InChI=1S/C26H30F4N2O5/c1-14(2)32(24(34)17-7-5-15(3)6-8-17)21-11-20(27)22(10-18(21)25(35)36-4)37-23-19(26(28,29)30)9-16(13-33)12-31-23/h9-12,14-15,17,33H,5-8,13H2,1-4H3/t15-,17-. The molecular weight excluding hydrogens is 496 g/mol. The molecule has 1 aromatic carbocycles. The number of hydrogen-bond acceptors (Lipinski definition) is 6. The number of benzene rings is 1.